The van der Waals surface area contributed by atoms with Crippen LogP contribution in [0.5, 0.6) is 5.75 Å². The molecule has 0 saturated heterocycles. The minimum atomic E-state index is 0. The number of benzene rings is 1. The summed E-state index contributed by atoms with van der Waals surface area (Å²) >= 11 is 8.60. The highest BCUT2D eigenvalue weighted by Gasteiger charge is 2.23. The molecule has 1 aliphatic heterocycles. The van der Waals surface area contributed by atoms with Crippen molar-refractivity contribution >= 4 is 84.0 Å². The number of fused-ring (bicyclic) bond motifs is 2. The van der Waals surface area contributed by atoms with Gasteiger partial charge in [-0.15, -0.1) is 36.2 Å². The third-order valence-corrected chi connectivity index (χ3v) is 6.53. The Labute approximate surface area is 202 Å². The molecule has 0 saturated carbocycles. The van der Waals surface area contributed by atoms with Crippen LogP contribution in [0.1, 0.15) is 24.4 Å². The second-order valence-corrected chi connectivity index (χ2v) is 9.13. The molecule has 10 heteroatoms. The van der Waals surface area contributed by atoms with Crippen molar-refractivity contribution in [3.8, 4) is 5.75 Å². The average Bonchev–Trinajstić information content (AvgIpc) is 3.11. The van der Waals surface area contributed by atoms with Crippen LogP contribution in [0.4, 0.5) is 5.82 Å². The van der Waals surface area contributed by atoms with Crippen molar-refractivity contribution in [3.63, 3.8) is 0 Å². The number of H-pyrrole nitrogens is 1. The molecular weight excluding hydrogens is 565 g/mol. The Kier molecular flexibility index (Phi) is 9.31. The minimum absolute atomic E-state index is 0. The smallest absolute Gasteiger partial charge is 0.201 e. The van der Waals surface area contributed by atoms with Crippen LogP contribution in [0.3, 0.4) is 0 Å². The Bertz CT molecular complexity index is 1030. The highest BCUT2D eigenvalue weighted by atomic mass is 79.9. The first-order chi connectivity index (χ1) is 13.1. The molecule has 0 fully saturated rings. The summed E-state index contributed by atoms with van der Waals surface area (Å²) in [4.78, 5) is 15.3. The van der Waals surface area contributed by atoms with E-state index in [-0.39, 0.29) is 36.3 Å². The van der Waals surface area contributed by atoms with Crippen LogP contribution in [0.15, 0.2) is 43.4 Å². The van der Waals surface area contributed by atoms with Crippen molar-refractivity contribution in [2.45, 2.75) is 18.9 Å². The van der Waals surface area contributed by atoms with E-state index in [0.717, 1.165) is 56.7 Å². The zero-order valence-electron chi connectivity index (χ0n) is 15.3. The second-order valence-electron chi connectivity index (χ2n) is 6.44. The lowest BCUT2D eigenvalue weighted by Gasteiger charge is -2.28. The number of nitrogens with one attached hydrogen (secondary N) is 3. The topological polar surface area (TPSA) is 66.2 Å². The summed E-state index contributed by atoms with van der Waals surface area (Å²) < 4.78 is 8.61. The average molecular weight is 586 g/mol. The summed E-state index contributed by atoms with van der Waals surface area (Å²) in [7, 11) is 0. The molecule has 3 heterocycles. The molecule has 0 spiro atoms. The van der Waals surface area contributed by atoms with Gasteiger partial charge in [0, 0.05) is 35.1 Å². The van der Waals surface area contributed by atoms with Gasteiger partial charge in [0.15, 0.2) is 0 Å². The van der Waals surface area contributed by atoms with Gasteiger partial charge in [-0.05, 0) is 52.5 Å². The number of halogens is 4. The Morgan fingerprint density at radius 3 is 2.86 bits per heavy atom. The fraction of sp³-hybridized carbons (Fsp3) is 0.316. The van der Waals surface area contributed by atoms with Crippen LogP contribution in [0, 0.1) is 0 Å². The van der Waals surface area contributed by atoms with Crippen molar-refractivity contribution < 1.29 is 4.74 Å². The number of aromatic nitrogens is 1. The summed E-state index contributed by atoms with van der Waals surface area (Å²) in [5, 5.41) is 8.86. The largest absolute Gasteiger partial charge is 0.492 e. The van der Waals surface area contributed by atoms with E-state index in [1.807, 2.05) is 17.5 Å². The van der Waals surface area contributed by atoms with E-state index in [9.17, 15) is 4.79 Å². The molecule has 0 aliphatic carbocycles. The number of rotatable bonds is 6. The van der Waals surface area contributed by atoms with Crippen molar-refractivity contribution in [2.24, 2.45) is 0 Å². The van der Waals surface area contributed by atoms with Gasteiger partial charge in [-0.25, -0.2) is 0 Å². The third-order valence-electron chi connectivity index (χ3n) is 4.56. The number of hydrogen-bond acceptors (Lipinski definition) is 5. The monoisotopic (exact) mass is 583 g/mol. The van der Waals surface area contributed by atoms with Gasteiger partial charge in [0.05, 0.1) is 21.3 Å². The van der Waals surface area contributed by atoms with Gasteiger partial charge in [0.25, 0.3) is 0 Å². The van der Waals surface area contributed by atoms with Gasteiger partial charge in [0.1, 0.15) is 11.6 Å². The van der Waals surface area contributed by atoms with Gasteiger partial charge in [-0.2, -0.15) is 0 Å². The standard InChI is InChI=1S/C19H19Br2N3O2S.2ClH/c20-11-8-12-14(2-6-26-18(12)13(21)9-11)22-4-1-5-23-17-10-16(25)19-15(24-17)3-7-27-19;;/h3,7-10,14,22H,1-2,4-6H2,(H2,23,24,25);2*1H/t14-;;/m1../s1. The predicted molar refractivity (Wildman–Crippen MR) is 133 cm³/mol. The molecule has 5 nitrogen and oxygen atoms in total. The number of pyridine rings is 1. The van der Waals surface area contributed by atoms with Gasteiger partial charge >= 0.3 is 0 Å². The fourth-order valence-electron chi connectivity index (χ4n) is 3.30. The fourth-order valence-corrected chi connectivity index (χ4v) is 5.43. The first-order valence-electron chi connectivity index (χ1n) is 8.81. The van der Waals surface area contributed by atoms with Gasteiger partial charge in [-0.3, -0.25) is 4.79 Å². The molecule has 1 aromatic carbocycles. The van der Waals surface area contributed by atoms with E-state index >= 15 is 0 Å². The van der Waals surface area contributed by atoms with Gasteiger partial charge < -0.3 is 20.4 Å². The van der Waals surface area contributed by atoms with Crippen LogP contribution in [0.2, 0.25) is 0 Å². The molecule has 3 N–H and O–H groups in total. The van der Waals surface area contributed by atoms with Crippen LogP contribution in [-0.4, -0.2) is 24.7 Å². The molecule has 4 rings (SSSR count). The second kappa shape index (κ2) is 11.0. The summed E-state index contributed by atoms with van der Waals surface area (Å²) in [6, 6.07) is 7.99. The zero-order chi connectivity index (χ0) is 18.8. The van der Waals surface area contributed by atoms with E-state index in [4.69, 9.17) is 4.74 Å². The van der Waals surface area contributed by atoms with E-state index in [1.54, 1.807) is 6.07 Å². The number of thiophene rings is 1. The molecule has 1 atom stereocenters. The molecular formula is C19H21Br2Cl2N3O2S. The highest BCUT2D eigenvalue weighted by Crippen LogP contribution is 2.40. The SMILES string of the molecule is Cl.Cl.O=c1cc(NCCCN[C@@H]2CCOc3c(Br)cc(Br)cc32)[nH]c2ccsc12. The predicted octanol–water partition coefficient (Wildman–Crippen LogP) is 5.87. The number of anilines is 1. The molecule has 0 amide bonds. The molecule has 0 bridgehead atoms. The van der Waals surface area contributed by atoms with E-state index in [1.165, 1.54) is 16.9 Å². The first kappa shape index (κ1) is 24.5. The number of ether oxygens (including phenoxy) is 1. The lowest BCUT2D eigenvalue weighted by atomic mass is 10.0. The van der Waals surface area contributed by atoms with Crippen molar-refractivity contribution in [2.75, 3.05) is 25.0 Å². The van der Waals surface area contributed by atoms with Gasteiger partial charge in [-0.1, -0.05) is 15.9 Å². The summed E-state index contributed by atoms with van der Waals surface area (Å²) in [6.07, 6.45) is 1.90. The maximum Gasteiger partial charge on any atom is 0.201 e. The lowest BCUT2D eigenvalue weighted by molar-refractivity contribution is 0.251. The van der Waals surface area contributed by atoms with E-state index < -0.39 is 0 Å². The van der Waals surface area contributed by atoms with Crippen molar-refractivity contribution in [1.29, 1.82) is 0 Å². The Balaban J connectivity index is 0.00000150. The highest BCUT2D eigenvalue weighted by molar-refractivity contribution is 9.11. The molecule has 0 radical (unpaired) electrons. The quantitative estimate of drug-likeness (QED) is 0.316. The summed E-state index contributed by atoms with van der Waals surface area (Å²) in [5.74, 6) is 1.71. The maximum absolute atomic E-state index is 12.0. The Hall–Kier alpha value is -0.770. The van der Waals surface area contributed by atoms with Crippen LogP contribution in [0.25, 0.3) is 10.2 Å². The van der Waals surface area contributed by atoms with E-state index in [0.29, 0.717) is 6.61 Å². The zero-order valence-corrected chi connectivity index (χ0v) is 20.9. The first-order valence-corrected chi connectivity index (χ1v) is 11.3. The van der Waals surface area contributed by atoms with Crippen LogP contribution >= 0.6 is 68.0 Å². The molecule has 2 aromatic heterocycles. The molecule has 29 heavy (non-hydrogen) atoms. The molecule has 0 unspecified atom stereocenters. The Morgan fingerprint density at radius 1 is 1.21 bits per heavy atom. The van der Waals surface area contributed by atoms with Gasteiger partial charge in [0.2, 0.25) is 5.43 Å². The van der Waals surface area contributed by atoms with Crippen molar-refractivity contribution in [1.82, 2.24) is 10.3 Å². The van der Waals surface area contributed by atoms with Crippen LogP contribution in [-0.2, 0) is 0 Å². The minimum Gasteiger partial charge on any atom is -0.492 e. The number of aromatic amines is 1. The van der Waals surface area contributed by atoms with E-state index in [2.05, 4.69) is 53.5 Å². The third kappa shape index (κ3) is 5.68. The number of hydrogen-bond donors (Lipinski definition) is 3. The molecule has 1 aliphatic rings. The normalized spacial score (nSPS) is 15.0. The summed E-state index contributed by atoms with van der Waals surface area (Å²) in [5.41, 5.74) is 2.14. The summed E-state index contributed by atoms with van der Waals surface area (Å²) in [6.45, 7) is 2.38. The molecule has 158 valence electrons. The van der Waals surface area contributed by atoms with Crippen molar-refractivity contribution in [3.05, 3.63) is 54.4 Å². The Morgan fingerprint density at radius 2 is 2.03 bits per heavy atom. The molecule has 3 aromatic rings. The lowest BCUT2D eigenvalue weighted by Crippen LogP contribution is -2.29. The van der Waals surface area contributed by atoms with Crippen LogP contribution < -0.4 is 20.8 Å². The maximum atomic E-state index is 12.0.